The van der Waals surface area contributed by atoms with E-state index in [0.717, 1.165) is 52.1 Å². The molecule has 0 spiro atoms. The Morgan fingerprint density at radius 3 is 2.18 bits per heavy atom. The van der Waals surface area contributed by atoms with Crippen LogP contribution in [0.1, 0.15) is 44.1 Å². The number of halogens is 3. The van der Waals surface area contributed by atoms with Gasteiger partial charge in [-0.1, -0.05) is 24.3 Å². The van der Waals surface area contributed by atoms with E-state index in [2.05, 4.69) is 12.2 Å². The van der Waals surface area contributed by atoms with Gasteiger partial charge in [-0.2, -0.15) is 13.2 Å². The molecule has 3 nitrogen and oxygen atoms in total. The zero-order valence-corrected chi connectivity index (χ0v) is 20.0. The number of methoxy groups -OCH3 is 1. The van der Waals surface area contributed by atoms with E-state index in [1.54, 1.807) is 6.07 Å². The van der Waals surface area contributed by atoms with Crippen molar-refractivity contribution in [2.45, 2.75) is 38.3 Å². The van der Waals surface area contributed by atoms with Gasteiger partial charge in [0.1, 0.15) is 10.6 Å². The zero-order chi connectivity index (χ0) is 24.5. The third-order valence-corrected chi connectivity index (χ3v) is 7.53. The first-order valence-corrected chi connectivity index (χ1v) is 11.7. The molecule has 0 bridgehead atoms. The van der Waals surface area contributed by atoms with Crippen molar-refractivity contribution in [3.63, 3.8) is 0 Å². The van der Waals surface area contributed by atoms with Gasteiger partial charge in [0.25, 0.3) is 0 Å². The van der Waals surface area contributed by atoms with E-state index in [0.29, 0.717) is 17.2 Å². The third-order valence-electron chi connectivity index (χ3n) is 6.22. The molecule has 0 unspecified atom stereocenters. The van der Waals surface area contributed by atoms with Gasteiger partial charge in [0.2, 0.25) is 0 Å². The highest BCUT2D eigenvalue weighted by atomic mass is 32.1. The summed E-state index contributed by atoms with van der Waals surface area (Å²) in [5.41, 5.74) is 2.59. The summed E-state index contributed by atoms with van der Waals surface area (Å²) < 4.78 is 49.9. The Kier molecular flexibility index (Phi) is 6.58. The van der Waals surface area contributed by atoms with E-state index in [-0.39, 0.29) is 11.4 Å². The zero-order valence-electron chi connectivity index (χ0n) is 19.2. The Labute approximate surface area is 200 Å². The third kappa shape index (κ3) is 4.75. The molecule has 0 atom stereocenters. The predicted molar refractivity (Wildman–Crippen MR) is 128 cm³/mol. The Morgan fingerprint density at radius 1 is 1.00 bits per heavy atom. The molecule has 1 aromatic heterocycles. The monoisotopic (exact) mass is 486 g/mol. The molecule has 34 heavy (non-hydrogen) atoms. The Bertz CT molecular complexity index is 1190. The average molecular weight is 487 g/mol. The summed E-state index contributed by atoms with van der Waals surface area (Å²) in [6.45, 7) is 4.31. The molecule has 3 aromatic rings. The van der Waals surface area contributed by atoms with E-state index in [9.17, 15) is 18.0 Å². The smallest absolute Gasteiger partial charge is 0.416 e. The Balaban J connectivity index is 1.55. The Hall–Kier alpha value is -3.06. The van der Waals surface area contributed by atoms with Crippen molar-refractivity contribution in [2.24, 2.45) is 0 Å². The van der Waals surface area contributed by atoms with Crippen molar-refractivity contribution in [2.75, 3.05) is 13.7 Å². The lowest BCUT2D eigenvalue weighted by Gasteiger charge is -2.28. The van der Waals surface area contributed by atoms with E-state index in [4.69, 9.17) is 9.47 Å². The van der Waals surface area contributed by atoms with Gasteiger partial charge in [-0.25, -0.2) is 4.79 Å². The van der Waals surface area contributed by atoms with Crippen LogP contribution in [0.25, 0.3) is 11.1 Å². The van der Waals surface area contributed by atoms with E-state index < -0.39 is 11.7 Å². The van der Waals surface area contributed by atoms with Crippen LogP contribution >= 0.6 is 11.3 Å². The van der Waals surface area contributed by atoms with Crippen LogP contribution in [0.15, 0.2) is 60.7 Å². The predicted octanol–water partition coefficient (Wildman–Crippen LogP) is 7.50. The molecule has 0 saturated carbocycles. The summed E-state index contributed by atoms with van der Waals surface area (Å²) >= 11 is 1.43. The van der Waals surface area contributed by atoms with E-state index in [1.807, 2.05) is 32.0 Å². The molecule has 0 radical (unpaired) electrons. The van der Waals surface area contributed by atoms with Gasteiger partial charge in [-0.3, -0.25) is 0 Å². The highest BCUT2D eigenvalue weighted by molar-refractivity contribution is 7.14. The molecule has 4 rings (SSSR count). The number of carbonyl (C=O) groups is 1. The van der Waals surface area contributed by atoms with Crippen LogP contribution in [0.3, 0.4) is 0 Å². The van der Waals surface area contributed by atoms with Crippen LogP contribution in [0, 0.1) is 13.8 Å². The van der Waals surface area contributed by atoms with E-state index in [1.165, 1.54) is 30.6 Å². The SMILES string of the molecule is COC(=O)c1ccc(C2(COc3cc(C)c(-c4ccc(C(F)(F)F)cc4)c(C)c3)CC=CC2)s1. The second kappa shape index (κ2) is 9.29. The standard InChI is InChI=1S/C27H25F3O3S/c1-17-14-21(15-18(2)24(17)19-6-8-20(9-7-19)27(28,29)30)33-16-26(12-4-5-13-26)23-11-10-22(34-23)25(31)32-3/h4-11,14-15H,12-13,16H2,1-3H3. The van der Waals surface area contributed by atoms with Crippen LogP contribution in [-0.4, -0.2) is 19.7 Å². The van der Waals surface area contributed by atoms with Gasteiger partial charge < -0.3 is 9.47 Å². The van der Waals surface area contributed by atoms with Gasteiger partial charge in [0.15, 0.2) is 0 Å². The number of benzene rings is 2. The van der Waals surface area contributed by atoms with Gasteiger partial charge >= 0.3 is 12.1 Å². The molecule has 1 aliphatic carbocycles. The molecule has 0 N–H and O–H groups in total. The summed E-state index contributed by atoms with van der Waals surface area (Å²) in [5, 5.41) is 0. The van der Waals surface area contributed by atoms with Crippen LogP contribution in [0.2, 0.25) is 0 Å². The number of rotatable bonds is 6. The van der Waals surface area contributed by atoms with Crippen molar-refractivity contribution in [3.8, 4) is 16.9 Å². The summed E-state index contributed by atoms with van der Waals surface area (Å²) in [5.74, 6) is 0.366. The Morgan fingerprint density at radius 2 is 1.62 bits per heavy atom. The number of alkyl halides is 3. The minimum absolute atomic E-state index is 0.245. The summed E-state index contributed by atoms with van der Waals surface area (Å²) in [6.07, 6.45) is 1.53. The maximum Gasteiger partial charge on any atom is 0.416 e. The van der Waals surface area contributed by atoms with Crippen LogP contribution in [0.5, 0.6) is 5.75 Å². The largest absolute Gasteiger partial charge is 0.493 e. The average Bonchev–Trinajstić information content (AvgIpc) is 3.47. The molecule has 2 aromatic carbocycles. The molecule has 0 aliphatic heterocycles. The number of thiophene rings is 1. The molecule has 0 saturated heterocycles. The van der Waals surface area contributed by atoms with Gasteiger partial charge in [-0.05, 0) is 85.3 Å². The number of ether oxygens (including phenoxy) is 2. The minimum atomic E-state index is -4.36. The molecule has 1 aliphatic rings. The van der Waals surface area contributed by atoms with Crippen LogP contribution in [-0.2, 0) is 16.3 Å². The highest BCUT2D eigenvalue weighted by Gasteiger charge is 2.36. The number of hydrogen-bond acceptors (Lipinski definition) is 4. The first-order valence-electron chi connectivity index (χ1n) is 10.9. The molecular weight excluding hydrogens is 461 g/mol. The van der Waals surface area contributed by atoms with Crippen molar-refractivity contribution < 1.29 is 27.4 Å². The molecule has 1 heterocycles. The maximum absolute atomic E-state index is 12.9. The molecule has 0 fully saturated rings. The van der Waals surface area contributed by atoms with E-state index >= 15 is 0 Å². The molecule has 7 heteroatoms. The fourth-order valence-electron chi connectivity index (χ4n) is 4.43. The first kappa shape index (κ1) is 24.1. The molecule has 178 valence electrons. The minimum Gasteiger partial charge on any atom is -0.493 e. The fourth-order valence-corrected chi connectivity index (χ4v) is 5.55. The summed E-state index contributed by atoms with van der Waals surface area (Å²) in [7, 11) is 1.37. The number of allylic oxidation sites excluding steroid dienone is 2. The van der Waals surface area contributed by atoms with Crippen LogP contribution < -0.4 is 4.74 Å². The van der Waals surface area contributed by atoms with Crippen molar-refractivity contribution in [1.82, 2.24) is 0 Å². The molecule has 0 amide bonds. The quantitative estimate of drug-likeness (QED) is 0.267. The maximum atomic E-state index is 12.9. The van der Waals surface area contributed by atoms with Crippen molar-refractivity contribution in [3.05, 3.63) is 87.1 Å². The first-order chi connectivity index (χ1) is 16.1. The lowest BCUT2D eigenvalue weighted by molar-refractivity contribution is -0.137. The lowest BCUT2D eigenvalue weighted by atomic mass is 9.84. The second-order valence-electron chi connectivity index (χ2n) is 8.61. The van der Waals surface area contributed by atoms with Crippen molar-refractivity contribution >= 4 is 17.3 Å². The normalized spacial score (nSPS) is 14.9. The number of esters is 1. The lowest BCUT2D eigenvalue weighted by Crippen LogP contribution is -2.29. The number of aryl methyl sites for hydroxylation is 2. The topological polar surface area (TPSA) is 35.5 Å². The molecular formula is C27H25F3O3S. The van der Waals surface area contributed by atoms with Crippen LogP contribution in [0.4, 0.5) is 13.2 Å². The summed E-state index contributed by atoms with van der Waals surface area (Å²) in [4.78, 5) is 13.5. The second-order valence-corrected chi connectivity index (χ2v) is 9.70. The van der Waals surface area contributed by atoms with Gasteiger partial charge in [0.05, 0.1) is 19.3 Å². The van der Waals surface area contributed by atoms with Gasteiger partial charge in [0, 0.05) is 10.3 Å². The number of carbonyl (C=O) groups excluding carboxylic acids is 1. The highest BCUT2D eigenvalue weighted by Crippen LogP contribution is 2.42. The van der Waals surface area contributed by atoms with Gasteiger partial charge in [-0.15, -0.1) is 11.3 Å². The fraction of sp³-hybridized carbons (Fsp3) is 0.296. The summed E-state index contributed by atoms with van der Waals surface area (Å²) in [6, 6.07) is 12.8. The number of hydrogen-bond donors (Lipinski definition) is 0. The van der Waals surface area contributed by atoms with Crippen molar-refractivity contribution in [1.29, 1.82) is 0 Å².